The standard InChI is InChI=1S/C35H61NO12.C34H59NO12/c1-29(37)27-47-24-22-45-20-13-15-32(39)28-48-25-23-46-21-19-36-33(40)18-17-30(35(43)44-2)26-31(38)14-11-9-7-5-3-4-6-8-10-12-16-34(41)42;1-28(36)26-46-23-21-44-19-12-14-31(38)27-47-24-22-45-20-18-35-32(39)17-16-29(34(42)43)25-30(37)13-10-8-6-4-2-3-5-7-9-11-15-33(40)41/h30H,3-28H2,1-2H3,(H,36,40)(H,41,42);29H,2-27H2,1H3,(H,35,39)(H,40,41)(H,42,43)/t30-;29-/m11/s1. The first-order valence-electron chi connectivity index (χ1n) is 34.7. The topological polar surface area (TPSA) is 373 Å². The Bertz CT molecular complexity index is 2060. The average Bonchev–Trinajstić information content (AvgIpc) is 3.40. The van der Waals surface area contributed by atoms with E-state index in [0.717, 1.165) is 128 Å². The van der Waals surface area contributed by atoms with Crippen LogP contribution in [0.15, 0.2) is 0 Å². The number of hydrogen-bond acceptors (Lipinski definition) is 21. The van der Waals surface area contributed by atoms with Crippen LogP contribution >= 0.6 is 0 Å². The predicted molar refractivity (Wildman–Crippen MR) is 353 cm³/mol. The summed E-state index contributed by atoms with van der Waals surface area (Å²) in [7, 11) is 1.28. The first-order chi connectivity index (χ1) is 45.8. The Balaban J connectivity index is 0. The molecule has 0 saturated carbocycles. The molecule has 0 fully saturated rings. The van der Waals surface area contributed by atoms with Gasteiger partial charge in [0.05, 0.1) is 85.0 Å². The fourth-order valence-electron chi connectivity index (χ4n) is 9.45. The third-order valence-corrected chi connectivity index (χ3v) is 14.7. The van der Waals surface area contributed by atoms with Crippen LogP contribution in [0.1, 0.15) is 232 Å². The van der Waals surface area contributed by atoms with E-state index < -0.39 is 35.7 Å². The fraction of sp³-hybridized carbons (Fsp3) is 0.826. The number of rotatable bonds is 72. The number of nitrogens with one attached hydrogen (secondary N) is 2. The third kappa shape index (κ3) is 71.1. The zero-order chi connectivity index (χ0) is 70.6. The molecule has 0 aliphatic heterocycles. The van der Waals surface area contributed by atoms with Crippen LogP contribution in [0, 0.1) is 11.8 Å². The van der Waals surface area contributed by atoms with E-state index in [1.807, 2.05) is 0 Å². The lowest BCUT2D eigenvalue weighted by Crippen LogP contribution is -2.29. The fourth-order valence-corrected chi connectivity index (χ4v) is 9.45. The Kier molecular flexibility index (Phi) is 66.0. The van der Waals surface area contributed by atoms with E-state index >= 15 is 0 Å². The normalized spacial score (nSPS) is 11.7. The zero-order valence-corrected chi connectivity index (χ0v) is 57.8. The smallest absolute Gasteiger partial charge is 0.309 e. The van der Waals surface area contributed by atoms with Crippen molar-refractivity contribution in [1.82, 2.24) is 10.6 Å². The second-order valence-electron chi connectivity index (χ2n) is 23.7. The van der Waals surface area contributed by atoms with E-state index in [9.17, 15) is 62.6 Å². The summed E-state index contributed by atoms with van der Waals surface area (Å²) in [6.07, 6.45) is 23.5. The Hall–Kier alpha value is -5.48. The van der Waals surface area contributed by atoms with E-state index in [1.54, 1.807) is 0 Å². The molecular weight excluding hydrogens is 1240 g/mol. The number of aliphatic carboxylic acids is 3. The van der Waals surface area contributed by atoms with Gasteiger partial charge in [-0.2, -0.15) is 0 Å². The van der Waals surface area contributed by atoms with Crippen molar-refractivity contribution in [3.8, 4) is 0 Å². The summed E-state index contributed by atoms with van der Waals surface area (Å²) in [5.41, 5.74) is 0. The van der Waals surface area contributed by atoms with Gasteiger partial charge in [0.15, 0.2) is 23.1 Å². The summed E-state index contributed by atoms with van der Waals surface area (Å²) in [4.78, 5) is 139. The molecule has 0 rings (SSSR count). The Morgan fingerprint density at radius 2 is 0.589 bits per heavy atom. The Morgan fingerprint density at radius 1 is 0.305 bits per heavy atom. The van der Waals surface area contributed by atoms with Crippen molar-refractivity contribution in [2.24, 2.45) is 11.8 Å². The maximum Gasteiger partial charge on any atom is 0.309 e. The highest BCUT2D eigenvalue weighted by atomic mass is 16.5. The molecule has 2 atom stereocenters. The molecule has 5 N–H and O–H groups in total. The van der Waals surface area contributed by atoms with Crippen LogP contribution in [0.3, 0.4) is 0 Å². The van der Waals surface area contributed by atoms with E-state index in [4.69, 9.17) is 52.8 Å². The second kappa shape index (κ2) is 68.5. The quantitative estimate of drug-likeness (QED) is 0.0280. The summed E-state index contributed by atoms with van der Waals surface area (Å²) in [6, 6.07) is 0. The van der Waals surface area contributed by atoms with Gasteiger partial charge in [0.1, 0.15) is 38.0 Å². The maximum absolute atomic E-state index is 12.5. The van der Waals surface area contributed by atoms with Crippen LogP contribution in [0.4, 0.5) is 0 Å². The van der Waals surface area contributed by atoms with Gasteiger partial charge in [0.25, 0.3) is 0 Å². The number of hydrogen-bond donors (Lipinski definition) is 5. The van der Waals surface area contributed by atoms with Crippen molar-refractivity contribution in [3.05, 3.63) is 0 Å². The molecule has 0 aromatic heterocycles. The van der Waals surface area contributed by atoms with E-state index in [1.165, 1.54) is 21.0 Å². The summed E-state index contributed by atoms with van der Waals surface area (Å²) in [6.45, 7) is 7.33. The molecule has 0 saturated heterocycles. The molecule has 0 aromatic carbocycles. The summed E-state index contributed by atoms with van der Waals surface area (Å²) < 4.78 is 47.1. The number of amides is 2. The molecule has 0 radical (unpaired) electrons. The molecule has 550 valence electrons. The number of carboxylic acids is 3. The Morgan fingerprint density at radius 3 is 0.916 bits per heavy atom. The van der Waals surface area contributed by atoms with Gasteiger partial charge in [-0.15, -0.1) is 0 Å². The predicted octanol–water partition coefficient (Wildman–Crippen LogP) is 8.72. The largest absolute Gasteiger partial charge is 0.481 e. The number of ketones is 6. The molecule has 26 nitrogen and oxygen atoms in total. The lowest BCUT2D eigenvalue weighted by atomic mass is 9.94. The van der Waals surface area contributed by atoms with Crippen molar-refractivity contribution in [2.45, 2.75) is 232 Å². The van der Waals surface area contributed by atoms with Gasteiger partial charge in [-0.3, -0.25) is 57.5 Å². The second-order valence-corrected chi connectivity index (χ2v) is 23.7. The number of esters is 1. The summed E-state index contributed by atoms with van der Waals surface area (Å²) in [5.74, 6) is -5.35. The number of unbranched alkanes of at least 4 members (excludes halogenated alkanes) is 18. The van der Waals surface area contributed by atoms with Crippen LogP contribution in [0.2, 0.25) is 0 Å². The summed E-state index contributed by atoms with van der Waals surface area (Å²) >= 11 is 0. The monoisotopic (exact) mass is 1360 g/mol. The number of ether oxygens (including phenoxy) is 9. The highest BCUT2D eigenvalue weighted by molar-refractivity contribution is 5.86. The molecule has 95 heavy (non-hydrogen) atoms. The third-order valence-electron chi connectivity index (χ3n) is 14.7. The molecule has 26 heteroatoms. The number of methoxy groups -OCH3 is 1. The zero-order valence-electron chi connectivity index (χ0n) is 57.8. The van der Waals surface area contributed by atoms with Crippen molar-refractivity contribution in [3.63, 3.8) is 0 Å². The SMILES string of the molecule is CC(=O)COCCOCCCC(=O)COCCOCCNC(=O)CC[C@H](CC(=O)CCCCCCCCCCCCC(=O)O)C(=O)O.COC(=O)[C@H](CCC(=O)NCCOCCOCC(=O)CCCOCCOCC(C)=O)CC(=O)CCCCCCCCCCCCC(=O)O. The van der Waals surface area contributed by atoms with Crippen molar-refractivity contribution < 1.29 is 115 Å². The average molecular weight is 1360 g/mol. The van der Waals surface area contributed by atoms with Gasteiger partial charge in [-0.25, -0.2) is 0 Å². The minimum absolute atomic E-state index is 0.00248. The number of carboxylic acid groups (broad SMARTS) is 3. The lowest BCUT2D eigenvalue weighted by Gasteiger charge is -2.14. The molecule has 0 heterocycles. The molecular formula is C69H120N2O24. The lowest BCUT2D eigenvalue weighted by molar-refractivity contribution is -0.147. The number of Topliss-reactive ketones (excluding diaryl/α,β-unsaturated/α-hetero) is 6. The van der Waals surface area contributed by atoms with Crippen LogP contribution in [0.5, 0.6) is 0 Å². The van der Waals surface area contributed by atoms with Crippen molar-refractivity contribution >= 4 is 70.4 Å². The molecule has 0 bridgehead atoms. The van der Waals surface area contributed by atoms with E-state index in [0.29, 0.717) is 78.2 Å². The first kappa shape index (κ1) is 91.6. The van der Waals surface area contributed by atoms with Gasteiger partial charge < -0.3 is 68.6 Å². The number of carbonyl (C=O) groups excluding carboxylic acids is 9. The first-order valence-corrected chi connectivity index (χ1v) is 34.7. The molecule has 0 aliphatic rings. The van der Waals surface area contributed by atoms with Gasteiger partial charge in [0, 0.05) is 90.5 Å². The van der Waals surface area contributed by atoms with Crippen molar-refractivity contribution in [1.29, 1.82) is 0 Å². The molecule has 0 spiro atoms. The Labute approximate surface area is 564 Å². The maximum atomic E-state index is 12.5. The molecule has 0 aromatic rings. The van der Waals surface area contributed by atoms with Crippen LogP contribution in [-0.4, -0.2) is 212 Å². The van der Waals surface area contributed by atoms with Crippen LogP contribution in [0.25, 0.3) is 0 Å². The van der Waals surface area contributed by atoms with E-state index in [-0.39, 0.29) is 177 Å². The van der Waals surface area contributed by atoms with Gasteiger partial charge in [0.2, 0.25) is 11.8 Å². The summed E-state index contributed by atoms with van der Waals surface area (Å²) in [5, 5.41) is 32.2. The highest BCUT2D eigenvalue weighted by Crippen LogP contribution is 2.19. The van der Waals surface area contributed by atoms with Gasteiger partial charge in [-0.1, -0.05) is 103 Å². The highest BCUT2D eigenvalue weighted by Gasteiger charge is 2.24. The van der Waals surface area contributed by atoms with Crippen molar-refractivity contribution in [2.75, 3.05) is 126 Å². The minimum Gasteiger partial charge on any atom is -0.481 e. The van der Waals surface area contributed by atoms with Crippen LogP contribution in [-0.2, 0) is 100 Å². The van der Waals surface area contributed by atoms with Gasteiger partial charge in [-0.05, 0) is 65.2 Å². The molecule has 0 unspecified atom stereocenters. The van der Waals surface area contributed by atoms with E-state index in [2.05, 4.69) is 10.6 Å². The molecule has 2 amide bonds. The number of carbonyl (C=O) groups is 12. The minimum atomic E-state index is -1.07. The van der Waals surface area contributed by atoms with Crippen LogP contribution < -0.4 is 10.6 Å². The molecule has 0 aliphatic carbocycles. The van der Waals surface area contributed by atoms with Gasteiger partial charge >= 0.3 is 23.9 Å².